The Kier molecular flexibility index (Phi) is 6.21. The van der Waals surface area contributed by atoms with Crippen LogP contribution in [0.25, 0.3) is 0 Å². The van der Waals surface area contributed by atoms with Gasteiger partial charge in [0.15, 0.2) is 11.6 Å². The average Bonchev–Trinajstić information content (AvgIpc) is 2.71. The van der Waals surface area contributed by atoms with Crippen molar-refractivity contribution in [3.8, 4) is 11.5 Å². The second-order valence-corrected chi connectivity index (χ2v) is 6.28. The van der Waals surface area contributed by atoms with E-state index in [0.29, 0.717) is 35.9 Å². The van der Waals surface area contributed by atoms with E-state index in [1.807, 2.05) is 25.1 Å². The van der Waals surface area contributed by atoms with Crippen LogP contribution >= 0.6 is 11.6 Å². The Bertz CT molecular complexity index is 908. The van der Waals surface area contributed by atoms with E-state index in [9.17, 15) is 0 Å². The molecule has 0 aliphatic rings. The molecule has 5 nitrogen and oxygen atoms in total. The fourth-order valence-corrected chi connectivity index (χ4v) is 2.84. The molecule has 1 heterocycles. The number of hydrogen-bond donors (Lipinski definition) is 2. The van der Waals surface area contributed by atoms with Gasteiger partial charge >= 0.3 is 0 Å². The molecule has 0 aliphatic heterocycles. The van der Waals surface area contributed by atoms with Crippen LogP contribution < -0.4 is 15.8 Å². The van der Waals surface area contributed by atoms with Crippen LogP contribution in [0.3, 0.4) is 0 Å². The van der Waals surface area contributed by atoms with Crippen LogP contribution in [0.1, 0.15) is 30.6 Å². The van der Waals surface area contributed by atoms with Crippen LogP contribution in [0, 0.1) is 5.82 Å². The predicted molar refractivity (Wildman–Crippen MR) is 105 cm³/mol. The highest BCUT2D eigenvalue weighted by atomic mass is 35.5. The summed E-state index contributed by atoms with van der Waals surface area (Å²) in [7, 11) is 0. The molecule has 3 aromatic rings. The summed E-state index contributed by atoms with van der Waals surface area (Å²) >= 11 is 6.18. The lowest BCUT2D eigenvalue weighted by Gasteiger charge is -2.20. The average molecular weight is 387 g/mol. The number of anilines is 1. The first kappa shape index (κ1) is 19.1. The molecule has 1 atom stereocenters. The van der Waals surface area contributed by atoms with E-state index in [-0.39, 0.29) is 16.8 Å². The van der Waals surface area contributed by atoms with Gasteiger partial charge in [0.25, 0.3) is 0 Å². The standard InChI is InChI=1S/C20H20ClFN4O/c1-2-17(26-20-24-11-10-13(12-23)25-20)15-8-9-16(21)19(18(15)22)27-14-6-4-3-5-7-14/h3-11,17H,2,12,23H2,1H3,(H,24,25,26). The number of halogens is 2. The van der Waals surface area contributed by atoms with Crippen LogP contribution in [-0.2, 0) is 6.54 Å². The Hall–Kier alpha value is -2.70. The molecule has 140 valence electrons. The van der Waals surface area contributed by atoms with Crippen molar-refractivity contribution < 1.29 is 9.13 Å². The molecule has 0 bridgehead atoms. The number of para-hydroxylation sites is 1. The summed E-state index contributed by atoms with van der Waals surface area (Å²) in [6.45, 7) is 2.24. The summed E-state index contributed by atoms with van der Waals surface area (Å²) in [5.41, 5.74) is 6.74. The second kappa shape index (κ2) is 8.79. The Morgan fingerprint density at radius 1 is 1.19 bits per heavy atom. The molecule has 0 saturated heterocycles. The minimum Gasteiger partial charge on any atom is -0.453 e. The topological polar surface area (TPSA) is 73.1 Å². The molecule has 0 aliphatic carbocycles. The van der Waals surface area contributed by atoms with Crippen LogP contribution in [0.15, 0.2) is 54.7 Å². The molecule has 3 rings (SSSR count). The fourth-order valence-electron chi connectivity index (χ4n) is 2.65. The van der Waals surface area contributed by atoms with Gasteiger partial charge in [-0.25, -0.2) is 14.4 Å². The molecule has 2 aromatic carbocycles. The van der Waals surface area contributed by atoms with E-state index in [1.54, 1.807) is 36.5 Å². The van der Waals surface area contributed by atoms with Crippen molar-refractivity contribution in [2.45, 2.75) is 25.9 Å². The first-order valence-electron chi connectivity index (χ1n) is 8.61. The molecule has 1 unspecified atom stereocenters. The summed E-state index contributed by atoms with van der Waals surface area (Å²) in [5.74, 6) is 0.387. The SMILES string of the molecule is CCC(Nc1nccc(CN)n1)c1ccc(Cl)c(Oc2ccccc2)c1F. The smallest absolute Gasteiger partial charge is 0.223 e. The summed E-state index contributed by atoms with van der Waals surface area (Å²) in [5, 5.41) is 3.36. The largest absolute Gasteiger partial charge is 0.453 e. The maximum absolute atomic E-state index is 15.2. The molecule has 0 saturated carbocycles. The summed E-state index contributed by atoms with van der Waals surface area (Å²) in [4.78, 5) is 8.50. The Morgan fingerprint density at radius 2 is 1.96 bits per heavy atom. The quantitative estimate of drug-likeness (QED) is 0.592. The first-order valence-corrected chi connectivity index (χ1v) is 8.99. The fraction of sp³-hybridized carbons (Fsp3) is 0.200. The third kappa shape index (κ3) is 4.53. The van der Waals surface area contributed by atoms with Crippen LogP contribution in [0.5, 0.6) is 11.5 Å². The molecule has 0 radical (unpaired) electrons. The van der Waals surface area contributed by atoms with Gasteiger partial charge in [0.05, 0.1) is 16.8 Å². The molecule has 3 N–H and O–H groups in total. The van der Waals surface area contributed by atoms with Crippen LogP contribution in [-0.4, -0.2) is 9.97 Å². The number of benzene rings is 2. The normalized spacial score (nSPS) is 11.9. The van der Waals surface area contributed by atoms with Gasteiger partial charge in [0, 0.05) is 18.3 Å². The lowest BCUT2D eigenvalue weighted by atomic mass is 10.0. The number of nitrogens with two attached hydrogens (primary N) is 1. The zero-order chi connectivity index (χ0) is 19.2. The molecule has 7 heteroatoms. The van der Waals surface area contributed by atoms with Gasteiger partial charge in [-0.1, -0.05) is 42.8 Å². The third-order valence-electron chi connectivity index (χ3n) is 4.05. The van der Waals surface area contributed by atoms with Gasteiger partial charge in [-0.3, -0.25) is 0 Å². The van der Waals surface area contributed by atoms with Gasteiger partial charge in [-0.05, 0) is 30.7 Å². The maximum atomic E-state index is 15.2. The number of hydrogen-bond acceptors (Lipinski definition) is 5. The highest BCUT2D eigenvalue weighted by Gasteiger charge is 2.21. The minimum absolute atomic E-state index is 0.00255. The van der Waals surface area contributed by atoms with Crippen molar-refractivity contribution in [3.63, 3.8) is 0 Å². The van der Waals surface area contributed by atoms with Gasteiger partial charge in [0.1, 0.15) is 5.75 Å². The monoisotopic (exact) mass is 386 g/mol. The van der Waals surface area contributed by atoms with Gasteiger partial charge in [0.2, 0.25) is 5.95 Å². The second-order valence-electron chi connectivity index (χ2n) is 5.88. The summed E-state index contributed by atoms with van der Waals surface area (Å²) < 4.78 is 20.9. The van der Waals surface area contributed by atoms with E-state index < -0.39 is 5.82 Å². The van der Waals surface area contributed by atoms with Crippen LogP contribution in [0.2, 0.25) is 5.02 Å². The van der Waals surface area contributed by atoms with Crippen molar-refractivity contribution in [1.29, 1.82) is 0 Å². The molecule has 0 fully saturated rings. The molecule has 1 aromatic heterocycles. The Morgan fingerprint density at radius 3 is 2.67 bits per heavy atom. The van der Waals surface area contributed by atoms with Crippen molar-refractivity contribution in [3.05, 3.63) is 76.8 Å². The van der Waals surface area contributed by atoms with Crippen molar-refractivity contribution in [2.24, 2.45) is 5.73 Å². The zero-order valence-corrected chi connectivity index (χ0v) is 15.6. The van der Waals surface area contributed by atoms with E-state index in [1.165, 1.54) is 0 Å². The van der Waals surface area contributed by atoms with Gasteiger partial charge in [-0.2, -0.15) is 0 Å². The molecule has 0 amide bonds. The van der Waals surface area contributed by atoms with Crippen LogP contribution in [0.4, 0.5) is 10.3 Å². The van der Waals surface area contributed by atoms with E-state index in [2.05, 4.69) is 15.3 Å². The number of rotatable bonds is 7. The highest BCUT2D eigenvalue weighted by molar-refractivity contribution is 6.32. The van der Waals surface area contributed by atoms with Gasteiger partial charge < -0.3 is 15.8 Å². The minimum atomic E-state index is -0.513. The molecular formula is C20H20ClFN4O. The molecular weight excluding hydrogens is 367 g/mol. The molecule has 27 heavy (non-hydrogen) atoms. The predicted octanol–water partition coefficient (Wildman–Crippen LogP) is 5.08. The number of aromatic nitrogens is 2. The van der Waals surface area contributed by atoms with E-state index >= 15 is 4.39 Å². The first-order chi connectivity index (χ1) is 13.1. The van der Waals surface area contributed by atoms with E-state index in [4.69, 9.17) is 22.1 Å². The Balaban J connectivity index is 1.90. The lowest BCUT2D eigenvalue weighted by Crippen LogP contribution is -2.15. The summed E-state index contributed by atoms with van der Waals surface area (Å²) in [6.07, 6.45) is 2.23. The Labute approximate surface area is 162 Å². The van der Waals surface area contributed by atoms with Gasteiger partial charge in [-0.15, -0.1) is 0 Å². The third-order valence-corrected chi connectivity index (χ3v) is 4.35. The number of nitrogens with zero attached hydrogens (tertiary/aromatic N) is 2. The molecule has 0 spiro atoms. The maximum Gasteiger partial charge on any atom is 0.223 e. The lowest BCUT2D eigenvalue weighted by molar-refractivity contribution is 0.435. The number of ether oxygens (including phenoxy) is 1. The van der Waals surface area contributed by atoms with Crippen molar-refractivity contribution in [2.75, 3.05) is 5.32 Å². The number of nitrogens with one attached hydrogen (secondary N) is 1. The van der Waals surface area contributed by atoms with Crippen molar-refractivity contribution >= 4 is 17.5 Å². The highest BCUT2D eigenvalue weighted by Crippen LogP contribution is 2.37. The summed E-state index contributed by atoms with van der Waals surface area (Å²) in [6, 6.07) is 13.6. The zero-order valence-electron chi connectivity index (χ0n) is 14.8. The van der Waals surface area contributed by atoms with Crippen molar-refractivity contribution in [1.82, 2.24) is 9.97 Å². The van der Waals surface area contributed by atoms with E-state index in [0.717, 1.165) is 0 Å².